The van der Waals surface area contributed by atoms with Crippen LogP contribution in [0.2, 0.25) is 0 Å². The van der Waals surface area contributed by atoms with Crippen molar-refractivity contribution in [3.05, 3.63) is 12.3 Å². The smallest absolute Gasteiger partial charge is 0.135 e. The molecule has 0 rings (SSSR count). The first-order valence-corrected chi connectivity index (χ1v) is 2.19. The zero-order valence-electron chi connectivity index (χ0n) is 4.73. The van der Waals surface area contributed by atoms with Crippen molar-refractivity contribution in [2.24, 2.45) is 0 Å². The van der Waals surface area contributed by atoms with Crippen LogP contribution in [-0.4, -0.2) is 7.11 Å². The summed E-state index contributed by atoms with van der Waals surface area (Å²) >= 11 is 0. The third-order valence-electron chi connectivity index (χ3n) is 0.596. The van der Waals surface area contributed by atoms with Gasteiger partial charge in [-0.3, -0.25) is 0 Å². The molecule has 0 saturated carbocycles. The Labute approximate surface area is 43.7 Å². The van der Waals surface area contributed by atoms with E-state index in [1.807, 2.05) is 6.92 Å². The number of rotatable bonds is 3. The minimum atomic E-state index is 0.655. The predicted molar refractivity (Wildman–Crippen MR) is 27.5 cm³/mol. The first kappa shape index (κ1) is 6.50. The van der Waals surface area contributed by atoms with Gasteiger partial charge in [-0.1, -0.05) is 13.5 Å². The molecule has 0 aliphatic heterocycles. The SMILES string of the molecule is C=C(CC)OOC. The Morgan fingerprint density at radius 1 is 1.71 bits per heavy atom. The lowest BCUT2D eigenvalue weighted by Crippen LogP contribution is -1.85. The molecule has 0 heterocycles. The predicted octanol–water partition coefficient (Wildman–Crippen LogP) is 1.49. The Morgan fingerprint density at radius 3 is 2.43 bits per heavy atom. The number of allylic oxidation sites excluding steroid dienone is 1. The summed E-state index contributed by atoms with van der Waals surface area (Å²) in [6.07, 6.45) is 0.799. The maximum atomic E-state index is 4.50. The van der Waals surface area contributed by atoms with Crippen molar-refractivity contribution in [3.63, 3.8) is 0 Å². The van der Waals surface area contributed by atoms with Gasteiger partial charge in [0.1, 0.15) is 5.76 Å². The lowest BCUT2D eigenvalue weighted by molar-refractivity contribution is -0.238. The van der Waals surface area contributed by atoms with Crippen LogP contribution in [0.25, 0.3) is 0 Å². The van der Waals surface area contributed by atoms with Crippen LogP contribution in [0.1, 0.15) is 13.3 Å². The molecule has 0 aromatic heterocycles. The Bertz CT molecular complexity index is 59.1. The molecule has 0 N–H and O–H groups in total. The van der Waals surface area contributed by atoms with Crippen molar-refractivity contribution in [1.82, 2.24) is 0 Å². The molecule has 2 heteroatoms. The standard InChI is InChI=1S/C5H10O2/c1-4-5(2)7-6-3/h2,4H2,1,3H3. The molecule has 0 saturated heterocycles. The Kier molecular flexibility index (Phi) is 3.42. The molecule has 7 heavy (non-hydrogen) atoms. The topological polar surface area (TPSA) is 18.5 Å². The van der Waals surface area contributed by atoms with Crippen LogP contribution >= 0.6 is 0 Å². The van der Waals surface area contributed by atoms with Crippen LogP contribution in [0, 0.1) is 0 Å². The monoisotopic (exact) mass is 102 g/mol. The molecule has 0 spiro atoms. The average molecular weight is 102 g/mol. The Balaban J connectivity index is 3.00. The minimum Gasteiger partial charge on any atom is -0.343 e. The maximum absolute atomic E-state index is 4.50. The van der Waals surface area contributed by atoms with Gasteiger partial charge in [0, 0.05) is 6.42 Å². The van der Waals surface area contributed by atoms with E-state index in [1.165, 1.54) is 7.11 Å². The van der Waals surface area contributed by atoms with E-state index >= 15 is 0 Å². The molecular formula is C5H10O2. The van der Waals surface area contributed by atoms with Crippen molar-refractivity contribution >= 4 is 0 Å². The van der Waals surface area contributed by atoms with Crippen molar-refractivity contribution < 1.29 is 9.78 Å². The second-order valence-electron chi connectivity index (χ2n) is 1.14. The van der Waals surface area contributed by atoms with E-state index in [2.05, 4.69) is 16.4 Å². The summed E-state index contributed by atoms with van der Waals surface area (Å²) < 4.78 is 0. The summed E-state index contributed by atoms with van der Waals surface area (Å²) in [4.78, 5) is 8.79. The highest BCUT2D eigenvalue weighted by molar-refractivity contribution is 4.76. The summed E-state index contributed by atoms with van der Waals surface area (Å²) in [5, 5.41) is 0. The van der Waals surface area contributed by atoms with E-state index in [9.17, 15) is 0 Å². The maximum Gasteiger partial charge on any atom is 0.135 e. The van der Waals surface area contributed by atoms with Crippen LogP contribution in [0.5, 0.6) is 0 Å². The van der Waals surface area contributed by atoms with Crippen LogP contribution in [-0.2, 0) is 9.78 Å². The highest BCUT2D eigenvalue weighted by atomic mass is 17.2. The molecule has 42 valence electrons. The normalized spacial score (nSPS) is 8.29. The van der Waals surface area contributed by atoms with Gasteiger partial charge in [0.25, 0.3) is 0 Å². The molecule has 0 atom stereocenters. The van der Waals surface area contributed by atoms with Gasteiger partial charge in [-0.2, -0.15) is 4.89 Å². The van der Waals surface area contributed by atoms with Gasteiger partial charge in [0.15, 0.2) is 0 Å². The van der Waals surface area contributed by atoms with Crippen LogP contribution in [0.15, 0.2) is 12.3 Å². The average Bonchev–Trinajstić information content (AvgIpc) is 1.68. The third kappa shape index (κ3) is 3.33. The minimum absolute atomic E-state index is 0.655. The molecule has 0 aliphatic rings. The molecular weight excluding hydrogens is 92.1 g/mol. The van der Waals surface area contributed by atoms with Gasteiger partial charge in [-0.15, -0.1) is 0 Å². The Morgan fingerprint density at radius 2 is 2.29 bits per heavy atom. The molecule has 2 nitrogen and oxygen atoms in total. The summed E-state index contributed by atoms with van der Waals surface area (Å²) in [5.41, 5.74) is 0. The van der Waals surface area contributed by atoms with Gasteiger partial charge in [-0.25, -0.2) is 0 Å². The van der Waals surface area contributed by atoms with E-state index in [-0.39, 0.29) is 0 Å². The fourth-order valence-electron chi connectivity index (χ4n) is 0.177. The van der Waals surface area contributed by atoms with E-state index in [0.717, 1.165) is 6.42 Å². The third-order valence-corrected chi connectivity index (χ3v) is 0.596. The van der Waals surface area contributed by atoms with Crippen molar-refractivity contribution in [2.45, 2.75) is 13.3 Å². The fourth-order valence-corrected chi connectivity index (χ4v) is 0.177. The van der Waals surface area contributed by atoms with Crippen molar-refractivity contribution in [1.29, 1.82) is 0 Å². The van der Waals surface area contributed by atoms with E-state index in [4.69, 9.17) is 0 Å². The van der Waals surface area contributed by atoms with Crippen molar-refractivity contribution in [2.75, 3.05) is 7.11 Å². The molecule has 0 bridgehead atoms. The van der Waals surface area contributed by atoms with Gasteiger partial charge in [-0.05, 0) is 0 Å². The first-order chi connectivity index (χ1) is 3.31. The van der Waals surface area contributed by atoms with Crippen LogP contribution in [0.4, 0.5) is 0 Å². The molecule has 0 radical (unpaired) electrons. The highest BCUT2D eigenvalue weighted by Crippen LogP contribution is 1.96. The Hall–Kier alpha value is -0.500. The highest BCUT2D eigenvalue weighted by Gasteiger charge is 1.84. The summed E-state index contributed by atoms with van der Waals surface area (Å²) in [6, 6.07) is 0. The zero-order valence-corrected chi connectivity index (χ0v) is 4.73. The van der Waals surface area contributed by atoms with E-state index in [0.29, 0.717) is 5.76 Å². The van der Waals surface area contributed by atoms with Gasteiger partial charge in [0.05, 0.1) is 7.11 Å². The zero-order chi connectivity index (χ0) is 5.70. The molecule has 0 aliphatic carbocycles. The number of hydrogen-bond acceptors (Lipinski definition) is 2. The lowest BCUT2D eigenvalue weighted by atomic mass is 10.4. The van der Waals surface area contributed by atoms with E-state index in [1.54, 1.807) is 0 Å². The van der Waals surface area contributed by atoms with Crippen molar-refractivity contribution in [3.8, 4) is 0 Å². The molecule has 0 amide bonds. The van der Waals surface area contributed by atoms with Gasteiger partial charge in [0.2, 0.25) is 0 Å². The van der Waals surface area contributed by atoms with Gasteiger partial charge < -0.3 is 4.89 Å². The quantitative estimate of drug-likeness (QED) is 0.305. The summed E-state index contributed by atoms with van der Waals surface area (Å²) in [6.45, 7) is 5.46. The molecule has 0 aromatic carbocycles. The number of hydrogen-bond donors (Lipinski definition) is 0. The molecule has 0 fully saturated rings. The second-order valence-corrected chi connectivity index (χ2v) is 1.14. The summed E-state index contributed by atoms with van der Waals surface area (Å²) in [7, 11) is 1.46. The lowest BCUT2D eigenvalue weighted by Gasteiger charge is -1.97. The van der Waals surface area contributed by atoms with Gasteiger partial charge >= 0.3 is 0 Å². The summed E-state index contributed by atoms with van der Waals surface area (Å²) in [5.74, 6) is 0.655. The largest absolute Gasteiger partial charge is 0.343 e. The van der Waals surface area contributed by atoms with E-state index < -0.39 is 0 Å². The first-order valence-electron chi connectivity index (χ1n) is 2.19. The fraction of sp³-hybridized carbons (Fsp3) is 0.600. The molecule has 0 aromatic rings. The molecule has 0 unspecified atom stereocenters. The van der Waals surface area contributed by atoms with Crippen LogP contribution in [0.3, 0.4) is 0 Å². The second kappa shape index (κ2) is 3.68. The van der Waals surface area contributed by atoms with Crippen LogP contribution < -0.4 is 0 Å².